The first kappa shape index (κ1) is 39.5. The van der Waals surface area contributed by atoms with Crippen LogP contribution in [0.15, 0.2) is 76.8 Å². The second-order valence-corrected chi connectivity index (χ2v) is 17.4. The number of carbonyl (C=O) groups excluding carboxylic acids is 2. The number of halogens is 4. The lowest BCUT2D eigenvalue weighted by atomic mass is 9.82. The summed E-state index contributed by atoms with van der Waals surface area (Å²) in [7, 11) is 0. The number of hydrogen-bond acceptors (Lipinski definition) is 7. The molecule has 284 valence electrons. The quantitative estimate of drug-likeness (QED) is 0.136. The van der Waals surface area contributed by atoms with E-state index in [2.05, 4.69) is 35.1 Å². The molecule has 1 unspecified atom stereocenters. The molecule has 9 nitrogen and oxygen atoms in total. The highest BCUT2D eigenvalue weighted by Crippen LogP contribution is 2.43. The van der Waals surface area contributed by atoms with Crippen LogP contribution in [0.5, 0.6) is 17.2 Å². The third kappa shape index (κ3) is 9.57. The van der Waals surface area contributed by atoms with Gasteiger partial charge >= 0.3 is 6.09 Å². The minimum Gasteiger partial charge on any atom is -0.492 e. The van der Waals surface area contributed by atoms with E-state index in [9.17, 15) is 9.59 Å². The average Bonchev–Trinajstić information content (AvgIpc) is 3.95. The highest BCUT2D eigenvalue weighted by Gasteiger charge is 2.50. The molecular formula is C40H45BrCl3N3O6. The predicted molar refractivity (Wildman–Crippen MR) is 212 cm³/mol. The molecule has 1 N–H and O–H groups in total. The van der Waals surface area contributed by atoms with Crippen LogP contribution in [0.3, 0.4) is 0 Å². The van der Waals surface area contributed by atoms with Gasteiger partial charge in [-0.1, -0.05) is 68.9 Å². The summed E-state index contributed by atoms with van der Waals surface area (Å²) >= 11 is 22.1. The average molecular weight is 850 g/mol. The molecule has 0 radical (unpaired) electrons. The zero-order chi connectivity index (χ0) is 37.9. The van der Waals surface area contributed by atoms with Gasteiger partial charge in [0.25, 0.3) is 5.91 Å². The van der Waals surface area contributed by atoms with Gasteiger partial charge in [0.05, 0.1) is 18.6 Å². The maximum Gasteiger partial charge on any atom is 0.411 e. The van der Waals surface area contributed by atoms with Crippen LogP contribution >= 0.6 is 50.7 Å². The van der Waals surface area contributed by atoms with Crippen molar-refractivity contribution in [1.82, 2.24) is 15.1 Å². The molecular weight excluding hydrogens is 805 g/mol. The van der Waals surface area contributed by atoms with Gasteiger partial charge in [-0.2, -0.15) is 0 Å². The van der Waals surface area contributed by atoms with Gasteiger partial charge in [0.15, 0.2) is 5.60 Å². The Morgan fingerprint density at radius 1 is 0.849 bits per heavy atom. The van der Waals surface area contributed by atoms with Crippen LogP contribution in [-0.4, -0.2) is 88.8 Å². The number of amides is 2. The fraction of sp³-hybridized carbons (Fsp3) is 0.450. The number of hydrogen-bond donors (Lipinski definition) is 1. The SMILES string of the molecule is Cc1ccc(OCCN(C(=O)C2=C(c3ccc(OCCOc4ccc(Br)cc4)cc3)CC3CNC[C@H]2N3C(=O)OC(C)(C)C(Cl)(Cl)Cl)C2CC2)cc1C. The van der Waals surface area contributed by atoms with E-state index in [-0.39, 0.29) is 18.0 Å². The smallest absolute Gasteiger partial charge is 0.411 e. The van der Waals surface area contributed by atoms with Crippen LogP contribution in [0.25, 0.3) is 5.57 Å². The Bertz CT molecular complexity index is 1810. The molecule has 1 saturated carbocycles. The van der Waals surface area contributed by atoms with E-state index in [1.54, 1.807) is 18.7 Å². The molecule has 2 atom stereocenters. The van der Waals surface area contributed by atoms with E-state index in [0.29, 0.717) is 57.2 Å². The minimum absolute atomic E-state index is 0.0907. The van der Waals surface area contributed by atoms with Gasteiger partial charge in [-0.05, 0) is 118 Å². The first-order valence-electron chi connectivity index (χ1n) is 17.9. The number of aryl methyl sites for hydroxylation is 2. The molecule has 3 aromatic carbocycles. The third-order valence-electron chi connectivity index (χ3n) is 9.98. The monoisotopic (exact) mass is 847 g/mol. The number of fused-ring (bicyclic) bond motifs is 2. The van der Waals surface area contributed by atoms with E-state index < -0.39 is 21.5 Å². The Labute approximate surface area is 334 Å². The molecule has 2 amide bonds. The summed E-state index contributed by atoms with van der Waals surface area (Å²) in [6.45, 7) is 9.59. The summed E-state index contributed by atoms with van der Waals surface area (Å²) in [6.07, 6.45) is 1.61. The Morgan fingerprint density at radius 2 is 1.45 bits per heavy atom. The Morgan fingerprint density at radius 3 is 2.06 bits per heavy atom. The Hall–Kier alpha value is -3.15. The van der Waals surface area contributed by atoms with E-state index in [1.807, 2.05) is 71.6 Å². The summed E-state index contributed by atoms with van der Waals surface area (Å²) in [5.74, 6) is 2.09. The molecule has 3 aliphatic rings. The van der Waals surface area contributed by atoms with Gasteiger partial charge in [0.1, 0.15) is 37.1 Å². The molecule has 2 heterocycles. The van der Waals surface area contributed by atoms with Crippen molar-refractivity contribution in [3.05, 3.63) is 93.5 Å². The molecule has 6 rings (SSSR count). The number of nitrogens with one attached hydrogen (secondary N) is 1. The van der Waals surface area contributed by atoms with Crippen LogP contribution in [0.1, 0.15) is 49.8 Å². The molecule has 0 aromatic heterocycles. The van der Waals surface area contributed by atoms with E-state index in [4.69, 9.17) is 53.8 Å². The standard InChI is InChI=1S/C40H45BrCl3N3O6/c1-25-5-12-33(21-26(25)2)50-18-17-46(29-10-11-29)37(48)36-34(22-30-23-45-24-35(36)47(30)38(49)53-39(3,4)40(42,43)44)27-6-13-31(14-7-27)51-19-20-52-32-15-8-28(41)9-16-32/h5-9,12-16,21,29-30,35,45H,10-11,17-20,22-24H2,1-4H3/t30?,35-/m1/s1. The Kier molecular flexibility index (Phi) is 12.5. The largest absolute Gasteiger partial charge is 0.492 e. The van der Waals surface area contributed by atoms with Crippen molar-refractivity contribution in [3.63, 3.8) is 0 Å². The van der Waals surface area contributed by atoms with Gasteiger partial charge < -0.3 is 29.2 Å². The molecule has 3 aromatic rings. The number of alkyl halides is 3. The number of carbonyl (C=O) groups is 2. The lowest BCUT2D eigenvalue weighted by Crippen LogP contribution is -2.64. The number of ether oxygens (including phenoxy) is 4. The highest BCUT2D eigenvalue weighted by molar-refractivity contribution is 9.10. The second-order valence-electron chi connectivity index (χ2n) is 14.2. The van der Waals surface area contributed by atoms with Crippen LogP contribution in [-0.2, 0) is 9.53 Å². The van der Waals surface area contributed by atoms with Crippen LogP contribution in [0, 0.1) is 13.8 Å². The minimum atomic E-state index is -1.86. The lowest BCUT2D eigenvalue weighted by molar-refractivity contribution is -0.129. The van der Waals surface area contributed by atoms with E-state index in [0.717, 1.165) is 45.5 Å². The predicted octanol–water partition coefficient (Wildman–Crippen LogP) is 8.68. The second kappa shape index (κ2) is 16.7. The number of rotatable bonds is 13. The van der Waals surface area contributed by atoms with Crippen molar-refractivity contribution in [1.29, 1.82) is 0 Å². The summed E-state index contributed by atoms with van der Waals surface area (Å²) in [5, 5.41) is 3.44. The summed E-state index contributed by atoms with van der Waals surface area (Å²) < 4.78 is 22.9. The molecule has 13 heteroatoms. The van der Waals surface area contributed by atoms with Crippen LogP contribution < -0.4 is 19.5 Å². The molecule has 1 saturated heterocycles. The van der Waals surface area contributed by atoms with Crippen molar-refractivity contribution in [2.45, 2.75) is 74.5 Å². The van der Waals surface area contributed by atoms with Crippen molar-refractivity contribution < 1.29 is 28.5 Å². The maximum absolute atomic E-state index is 14.9. The fourth-order valence-corrected chi connectivity index (χ4v) is 6.98. The van der Waals surface area contributed by atoms with Gasteiger partial charge in [0.2, 0.25) is 3.79 Å². The van der Waals surface area contributed by atoms with Gasteiger partial charge in [-0.15, -0.1) is 0 Å². The Balaban J connectivity index is 1.25. The summed E-state index contributed by atoms with van der Waals surface area (Å²) in [5.41, 5.74) is 3.24. The van der Waals surface area contributed by atoms with Crippen molar-refractivity contribution in [3.8, 4) is 17.2 Å². The summed E-state index contributed by atoms with van der Waals surface area (Å²) in [4.78, 5) is 32.4. The molecule has 2 fully saturated rings. The first-order valence-corrected chi connectivity index (χ1v) is 19.8. The maximum atomic E-state index is 14.9. The first-order chi connectivity index (χ1) is 25.2. The number of benzene rings is 3. The number of piperazine rings is 1. The van der Waals surface area contributed by atoms with Gasteiger partial charge in [0, 0.05) is 29.2 Å². The van der Waals surface area contributed by atoms with Crippen molar-refractivity contribution >= 4 is 68.3 Å². The highest BCUT2D eigenvalue weighted by atomic mass is 79.9. The normalized spacial score (nSPS) is 18.8. The molecule has 1 aliphatic carbocycles. The zero-order valence-electron chi connectivity index (χ0n) is 30.3. The molecule has 53 heavy (non-hydrogen) atoms. The lowest BCUT2D eigenvalue weighted by Gasteiger charge is -2.48. The fourth-order valence-electron chi connectivity index (χ4n) is 6.60. The van der Waals surface area contributed by atoms with Crippen molar-refractivity contribution in [2.24, 2.45) is 0 Å². The van der Waals surface area contributed by atoms with Gasteiger partial charge in [-0.25, -0.2) is 4.79 Å². The number of nitrogens with zero attached hydrogens (tertiary/aromatic N) is 2. The topological polar surface area (TPSA) is 89.6 Å². The van der Waals surface area contributed by atoms with Crippen LogP contribution in [0.2, 0.25) is 0 Å². The van der Waals surface area contributed by atoms with Gasteiger partial charge in [-0.3, -0.25) is 9.69 Å². The summed E-state index contributed by atoms with van der Waals surface area (Å²) in [6, 6.07) is 20.6. The molecule has 2 aliphatic heterocycles. The molecule has 0 spiro atoms. The van der Waals surface area contributed by atoms with Crippen LogP contribution in [0.4, 0.5) is 4.79 Å². The van der Waals surface area contributed by atoms with E-state index in [1.165, 1.54) is 5.56 Å². The van der Waals surface area contributed by atoms with Crippen molar-refractivity contribution in [2.75, 3.05) is 39.5 Å². The molecule has 2 bridgehead atoms. The third-order valence-corrected chi connectivity index (χ3v) is 11.9. The van der Waals surface area contributed by atoms with E-state index >= 15 is 0 Å². The zero-order valence-corrected chi connectivity index (χ0v) is 34.2.